The van der Waals surface area contributed by atoms with Crippen molar-refractivity contribution in [1.82, 2.24) is 20.2 Å². The molecule has 0 amide bonds. The van der Waals surface area contributed by atoms with Gasteiger partial charge in [-0.15, -0.1) is 0 Å². The van der Waals surface area contributed by atoms with E-state index in [9.17, 15) is 0 Å². The largest absolute Gasteiger partial charge is 0.395 e. The maximum Gasteiger partial charge on any atom is 0.222 e. The minimum absolute atomic E-state index is 0.0727. The second-order valence-electron chi connectivity index (χ2n) is 4.10. The van der Waals surface area contributed by atoms with Crippen molar-refractivity contribution in [2.24, 2.45) is 0 Å². The Hall–Kier alpha value is -1.89. The molecule has 2 aromatic rings. The molecule has 0 aliphatic carbocycles. The van der Waals surface area contributed by atoms with E-state index in [1.54, 1.807) is 6.20 Å². The number of aliphatic hydroxyl groups is 1. The average Bonchev–Trinajstić information content (AvgIpc) is 2.81. The van der Waals surface area contributed by atoms with Crippen molar-refractivity contribution in [1.29, 1.82) is 0 Å². The molecule has 7 heteroatoms. The molecular formula is C11H18N6O. The molecule has 2 rings (SSSR count). The second-order valence-corrected chi connectivity index (χ2v) is 4.10. The summed E-state index contributed by atoms with van der Waals surface area (Å²) < 4.78 is 0. The zero-order valence-corrected chi connectivity index (χ0v) is 10.4. The number of anilines is 2. The number of hydrogen-bond acceptors (Lipinski definition) is 6. The van der Waals surface area contributed by atoms with E-state index in [-0.39, 0.29) is 12.6 Å². The summed E-state index contributed by atoms with van der Waals surface area (Å²) in [7, 11) is 0. The lowest BCUT2D eigenvalue weighted by Gasteiger charge is -2.22. The minimum atomic E-state index is 0.0727. The van der Waals surface area contributed by atoms with E-state index in [1.165, 1.54) is 0 Å². The van der Waals surface area contributed by atoms with Gasteiger partial charge in [-0.3, -0.25) is 5.10 Å². The van der Waals surface area contributed by atoms with Gasteiger partial charge in [-0.1, -0.05) is 13.3 Å². The molecule has 0 aliphatic rings. The molecule has 0 atom stereocenters. The number of nitrogens with one attached hydrogen (secondary N) is 1. The highest BCUT2D eigenvalue weighted by atomic mass is 16.3. The average molecular weight is 250 g/mol. The number of fused-ring (bicyclic) bond motifs is 1. The summed E-state index contributed by atoms with van der Waals surface area (Å²) in [6, 6.07) is 0. The van der Waals surface area contributed by atoms with Gasteiger partial charge in [-0.05, 0) is 6.42 Å². The van der Waals surface area contributed by atoms with E-state index < -0.39 is 0 Å². The fourth-order valence-corrected chi connectivity index (χ4v) is 1.86. The van der Waals surface area contributed by atoms with Crippen molar-refractivity contribution in [3.8, 4) is 0 Å². The molecule has 7 nitrogen and oxygen atoms in total. The van der Waals surface area contributed by atoms with Crippen LogP contribution in [0.5, 0.6) is 0 Å². The Balaban J connectivity index is 2.38. The smallest absolute Gasteiger partial charge is 0.222 e. The van der Waals surface area contributed by atoms with E-state index in [1.807, 2.05) is 4.90 Å². The quantitative estimate of drug-likeness (QED) is 0.691. The molecule has 0 fully saturated rings. The molecule has 0 spiro atoms. The Morgan fingerprint density at radius 2 is 2.22 bits per heavy atom. The molecule has 2 aromatic heterocycles. The Bertz CT molecular complexity index is 511. The Morgan fingerprint density at radius 1 is 1.39 bits per heavy atom. The summed E-state index contributed by atoms with van der Waals surface area (Å²) >= 11 is 0. The van der Waals surface area contributed by atoms with Gasteiger partial charge in [0.2, 0.25) is 5.95 Å². The summed E-state index contributed by atoms with van der Waals surface area (Å²) in [4.78, 5) is 10.4. The van der Waals surface area contributed by atoms with Gasteiger partial charge in [-0.2, -0.15) is 10.1 Å². The summed E-state index contributed by atoms with van der Waals surface area (Å²) in [5.74, 6) is 0.927. The number of aromatic amines is 1. The molecule has 0 bridgehead atoms. The monoisotopic (exact) mass is 250 g/mol. The molecule has 98 valence electrons. The lowest BCUT2D eigenvalue weighted by molar-refractivity contribution is 0.301. The van der Waals surface area contributed by atoms with Gasteiger partial charge in [0.05, 0.1) is 12.8 Å². The van der Waals surface area contributed by atoms with Gasteiger partial charge in [-0.25, -0.2) is 4.98 Å². The Morgan fingerprint density at radius 3 is 2.94 bits per heavy atom. The van der Waals surface area contributed by atoms with Crippen LogP contribution in [0.1, 0.15) is 19.8 Å². The topological polar surface area (TPSA) is 104 Å². The third kappa shape index (κ3) is 2.51. The van der Waals surface area contributed by atoms with Crippen molar-refractivity contribution in [2.45, 2.75) is 19.8 Å². The number of nitrogen functional groups attached to an aromatic ring is 1. The first-order valence-corrected chi connectivity index (χ1v) is 6.08. The van der Waals surface area contributed by atoms with E-state index in [0.29, 0.717) is 17.9 Å². The van der Waals surface area contributed by atoms with Crippen LogP contribution in [-0.2, 0) is 0 Å². The zero-order valence-electron chi connectivity index (χ0n) is 10.4. The number of nitrogens with two attached hydrogens (primary N) is 1. The number of H-pyrrole nitrogens is 1. The molecular weight excluding hydrogens is 232 g/mol. The molecule has 4 N–H and O–H groups in total. The highest BCUT2D eigenvalue weighted by Crippen LogP contribution is 2.22. The maximum absolute atomic E-state index is 9.15. The van der Waals surface area contributed by atoms with E-state index in [0.717, 1.165) is 24.9 Å². The van der Waals surface area contributed by atoms with E-state index >= 15 is 0 Å². The van der Waals surface area contributed by atoms with Crippen molar-refractivity contribution in [3.05, 3.63) is 6.20 Å². The van der Waals surface area contributed by atoms with Crippen molar-refractivity contribution >= 4 is 22.8 Å². The first kappa shape index (κ1) is 12.6. The lowest BCUT2D eigenvalue weighted by Crippen LogP contribution is -2.29. The standard InChI is InChI=1S/C11H18N6O/c1-2-3-4-17(5-6-18)10-9-8(7-13-16-9)14-11(12)15-10/h7,18H,2-6H2,1H3,(H,13,16)(H2,12,14,15). The summed E-state index contributed by atoms with van der Waals surface area (Å²) in [5, 5.41) is 16.0. The van der Waals surface area contributed by atoms with Crippen LogP contribution >= 0.6 is 0 Å². The van der Waals surface area contributed by atoms with Crippen LogP contribution in [-0.4, -0.2) is 45.0 Å². The highest BCUT2D eigenvalue weighted by molar-refractivity contribution is 5.86. The van der Waals surface area contributed by atoms with Crippen LogP contribution in [0, 0.1) is 0 Å². The number of unbranched alkanes of at least 4 members (excludes halogenated alkanes) is 1. The molecule has 0 saturated carbocycles. The van der Waals surface area contributed by atoms with Crippen LogP contribution in [0.2, 0.25) is 0 Å². The first-order chi connectivity index (χ1) is 8.76. The summed E-state index contributed by atoms with van der Waals surface area (Å²) in [5.41, 5.74) is 7.14. The molecule has 0 aromatic carbocycles. The number of nitrogens with zero attached hydrogens (tertiary/aromatic N) is 4. The van der Waals surface area contributed by atoms with Gasteiger partial charge in [0.1, 0.15) is 11.0 Å². The Labute approximate surface area is 105 Å². The molecule has 0 radical (unpaired) electrons. The van der Waals surface area contributed by atoms with Crippen molar-refractivity contribution < 1.29 is 5.11 Å². The normalized spacial score (nSPS) is 11.0. The molecule has 18 heavy (non-hydrogen) atoms. The van der Waals surface area contributed by atoms with Crippen molar-refractivity contribution in [2.75, 3.05) is 30.3 Å². The number of aromatic nitrogens is 4. The first-order valence-electron chi connectivity index (χ1n) is 6.08. The van der Waals surface area contributed by atoms with Crippen molar-refractivity contribution in [3.63, 3.8) is 0 Å². The van der Waals surface area contributed by atoms with Gasteiger partial charge >= 0.3 is 0 Å². The Kier molecular flexibility index (Phi) is 3.93. The SMILES string of the molecule is CCCCN(CCO)c1nc(N)nc2cn[nH]c12. The fourth-order valence-electron chi connectivity index (χ4n) is 1.86. The summed E-state index contributed by atoms with van der Waals surface area (Å²) in [6.07, 6.45) is 3.72. The third-order valence-corrected chi connectivity index (χ3v) is 2.75. The van der Waals surface area contributed by atoms with E-state index in [2.05, 4.69) is 27.1 Å². The fraction of sp³-hybridized carbons (Fsp3) is 0.545. The number of rotatable bonds is 6. The van der Waals surface area contributed by atoms with Gasteiger partial charge in [0.15, 0.2) is 5.82 Å². The van der Waals surface area contributed by atoms with Crippen LogP contribution in [0.4, 0.5) is 11.8 Å². The van der Waals surface area contributed by atoms with E-state index in [4.69, 9.17) is 10.8 Å². The van der Waals surface area contributed by atoms with Gasteiger partial charge < -0.3 is 15.7 Å². The third-order valence-electron chi connectivity index (χ3n) is 2.75. The van der Waals surface area contributed by atoms with Gasteiger partial charge in [0.25, 0.3) is 0 Å². The molecule has 0 aliphatic heterocycles. The summed E-state index contributed by atoms with van der Waals surface area (Å²) in [6.45, 7) is 3.53. The van der Waals surface area contributed by atoms with Crippen LogP contribution in [0.15, 0.2) is 6.20 Å². The predicted molar refractivity (Wildman–Crippen MR) is 70.3 cm³/mol. The van der Waals surface area contributed by atoms with Crippen LogP contribution < -0.4 is 10.6 Å². The van der Waals surface area contributed by atoms with Crippen LogP contribution in [0.3, 0.4) is 0 Å². The lowest BCUT2D eigenvalue weighted by atomic mass is 10.3. The molecule has 0 saturated heterocycles. The molecule has 2 heterocycles. The highest BCUT2D eigenvalue weighted by Gasteiger charge is 2.14. The zero-order chi connectivity index (χ0) is 13.0. The second kappa shape index (κ2) is 5.63. The molecule has 0 unspecified atom stereocenters. The van der Waals surface area contributed by atoms with Crippen LogP contribution in [0.25, 0.3) is 11.0 Å². The minimum Gasteiger partial charge on any atom is -0.395 e. The number of hydrogen-bond donors (Lipinski definition) is 3. The predicted octanol–water partition coefficient (Wildman–Crippen LogP) is 0.534. The van der Waals surface area contributed by atoms with Gasteiger partial charge in [0, 0.05) is 13.1 Å². The number of aliphatic hydroxyl groups excluding tert-OH is 1. The maximum atomic E-state index is 9.15.